The number of amides is 1. The number of hydrogen-bond acceptors (Lipinski definition) is 5. The smallest absolute Gasteiger partial charge is 0.243 e. The quantitative estimate of drug-likeness (QED) is 0.850. The van der Waals surface area contributed by atoms with E-state index < -0.39 is 10.0 Å². The summed E-state index contributed by atoms with van der Waals surface area (Å²) in [7, 11) is -3.51. The number of carbonyl (C=O) groups is 1. The molecule has 1 aliphatic heterocycles. The van der Waals surface area contributed by atoms with E-state index in [0.29, 0.717) is 36.6 Å². The highest BCUT2D eigenvalue weighted by molar-refractivity contribution is 7.89. The minimum atomic E-state index is -3.51. The molecule has 0 radical (unpaired) electrons. The predicted octanol–water partition coefficient (Wildman–Crippen LogP) is 2.31. The van der Waals surface area contributed by atoms with Crippen molar-refractivity contribution in [2.24, 2.45) is 5.92 Å². The Morgan fingerprint density at radius 1 is 1.11 bits per heavy atom. The van der Waals surface area contributed by atoms with Crippen LogP contribution in [0.5, 0.6) is 0 Å². The van der Waals surface area contributed by atoms with E-state index in [1.807, 2.05) is 6.92 Å². The maximum absolute atomic E-state index is 12.8. The SMILES string of the molecule is Cc1ccc(S(=O)(=O)N2CCC(C(=O)Nc3ncnc4c3CCC4)CC2)cc1. The van der Waals surface area contributed by atoms with Crippen LogP contribution in [0.2, 0.25) is 0 Å². The van der Waals surface area contributed by atoms with Crippen molar-refractivity contribution in [1.82, 2.24) is 14.3 Å². The highest BCUT2D eigenvalue weighted by atomic mass is 32.2. The molecule has 1 aliphatic carbocycles. The van der Waals surface area contributed by atoms with Crippen LogP contribution in [0, 0.1) is 12.8 Å². The van der Waals surface area contributed by atoms with Crippen molar-refractivity contribution in [3.05, 3.63) is 47.4 Å². The monoisotopic (exact) mass is 400 g/mol. The zero-order valence-electron chi connectivity index (χ0n) is 15.9. The second-order valence-electron chi connectivity index (χ2n) is 7.48. The van der Waals surface area contributed by atoms with Crippen molar-refractivity contribution in [2.75, 3.05) is 18.4 Å². The maximum Gasteiger partial charge on any atom is 0.243 e. The van der Waals surface area contributed by atoms with Crippen LogP contribution in [-0.2, 0) is 27.7 Å². The molecule has 8 heteroatoms. The Hall–Kier alpha value is -2.32. The first-order valence-corrected chi connectivity index (χ1v) is 11.1. The first-order valence-electron chi connectivity index (χ1n) is 9.65. The number of hydrogen-bond donors (Lipinski definition) is 1. The molecule has 2 heterocycles. The molecular formula is C20H24N4O3S. The molecule has 2 aromatic rings. The molecule has 0 spiro atoms. The molecular weight excluding hydrogens is 376 g/mol. The van der Waals surface area contributed by atoms with Crippen LogP contribution in [0.4, 0.5) is 5.82 Å². The van der Waals surface area contributed by atoms with Crippen LogP contribution < -0.4 is 5.32 Å². The lowest BCUT2D eigenvalue weighted by Gasteiger charge is -2.30. The molecule has 0 bridgehead atoms. The maximum atomic E-state index is 12.8. The average Bonchev–Trinajstić information content (AvgIpc) is 3.18. The summed E-state index contributed by atoms with van der Waals surface area (Å²) in [6, 6.07) is 6.87. The highest BCUT2D eigenvalue weighted by Crippen LogP contribution is 2.28. The number of aryl methyl sites for hydroxylation is 2. The molecule has 1 saturated heterocycles. The van der Waals surface area contributed by atoms with E-state index in [4.69, 9.17) is 0 Å². The summed E-state index contributed by atoms with van der Waals surface area (Å²) in [5.41, 5.74) is 3.07. The first kappa shape index (κ1) is 19.0. The van der Waals surface area contributed by atoms with Gasteiger partial charge in [-0.05, 0) is 51.2 Å². The molecule has 1 aromatic heterocycles. The van der Waals surface area contributed by atoms with Crippen LogP contribution in [0.3, 0.4) is 0 Å². The Morgan fingerprint density at radius 3 is 2.54 bits per heavy atom. The van der Waals surface area contributed by atoms with Gasteiger partial charge in [-0.25, -0.2) is 18.4 Å². The average molecular weight is 401 g/mol. The van der Waals surface area contributed by atoms with E-state index in [9.17, 15) is 13.2 Å². The van der Waals surface area contributed by atoms with Crippen LogP contribution in [-0.4, -0.2) is 41.7 Å². The summed E-state index contributed by atoms with van der Waals surface area (Å²) in [6.07, 6.45) is 5.35. The first-order chi connectivity index (χ1) is 13.4. The molecule has 0 atom stereocenters. The summed E-state index contributed by atoms with van der Waals surface area (Å²) < 4.78 is 27.1. The Labute approximate surface area is 165 Å². The van der Waals surface area contributed by atoms with Gasteiger partial charge >= 0.3 is 0 Å². The summed E-state index contributed by atoms with van der Waals surface area (Å²) in [4.78, 5) is 21.5. The lowest BCUT2D eigenvalue weighted by Crippen LogP contribution is -2.41. The van der Waals surface area contributed by atoms with Crippen LogP contribution in [0.15, 0.2) is 35.5 Å². The van der Waals surface area contributed by atoms with Crippen molar-refractivity contribution in [1.29, 1.82) is 0 Å². The third-order valence-electron chi connectivity index (χ3n) is 5.60. The Morgan fingerprint density at radius 2 is 1.82 bits per heavy atom. The Bertz CT molecular complexity index is 981. The number of carbonyl (C=O) groups excluding carboxylic acids is 1. The molecule has 1 fully saturated rings. The fraction of sp³-hybridized carbons (Fsp3) is 0.450. The number of nitrogens with one attached hydrogen (secondary N) is 1. The van der Waals surface area contributed by atoms with E-state index in [1.165, 1.54) is 10.6 Å². The third kappa shape index (κ3) is 3.66. The lowest BCUT2D eigenvalue weighted by molar-refractivity contribution is -0.120. The second kappa shape index (κ2) is 7.60. The highest BCUT2D eigenvalue weighted by Gasteiger charge is 2.32. The van der Waals surface area contributed by atoms with Crippen molar-refractivity contribution in [3.8, 4) is 0 Å². The van der Waals surface area contributed by atoms with Gasteiger partial charge in [-0.1, -0.05) is 17.7 Å². The fourth-order valence-electron chi connectivity index (χ4n) is 3.90. The van der Waals surface area contributed by atoms with E-state index in [1.54, 1.807) is 24.3 Å². The van der Waals surface area contributed by atoms with E-state index >= 15 is 0 Å². The van der Waals surface area contributed by atoms with Crippen molar-refractivity contribution >= 4 is 21.7 Å². The van der Waals surface area contributed by atoms with Gasteiger partial charge in [-0.3, -0.25) is 4.79 Å². The van der Waals surface area contributed by atoms with Gasteiger partial charge in [-0.15, -0.1) is 0 Å². The van der Waals surface area contributed by atoms with Gasteiger partial charge in [0, 0.05) is 30.3 Å². The number of anilines is 1. The number of benzene rings is 1. The van der Waals surface area contributed by atoms with Crippen molar-refractivity contribution in [3.63, 3.8) is 0 Å². The van der Waals surface area contributed by atoms with Gasteiger partial charge in [0.1, 0.15) is 12.1 Å². The zero-order valence-corrected chi connectivity index (χ0v) is 16.7. The van der Waals surface area contributed by atoms with Crippen LogP contribution >= 0.6 is 0 Å². The number of rotatable bonds is 4. The fourth-order valence-corrected chi connectivity index (χ4v) is 5.37. The molecule has 1 N–H and O–H groups in total. The van der Waals surface area contributed by atoms with Gasteiger partial charge in [0.25, 0.3) is 0 Å². The summed E-state index contributed by atoms with van der Waals surface area (Å²) >= 11 is 0. The summed E-state index contributed by atoms with van der Waals surface area (Å²) in [5, 5.41) is 2.95. The largest absolute Gasteiger partial charge is 0.310 e. The van der Waals surface area contributed by atoms with Crippen LogP contribution in [0.1, 0.15) is 36.1 Å². The van der Waals surface area contributed by atoms with E-state index in [2.05, 4.69) is 15.3 Å². The Kier molecular flexibility index (Phi) is 5.16. The number of nitrogens with zero attached hydrogens (tertiary/aromatic N) is 3. The van der Waals surface area contributed by atoms with E-state index in [0.717, 1.165) is 36.1 Å². The molecule has 2 aliphatic rings. The number of aromatic nitrogens is 2. The topological polar surface area (TPSA) is 92.3 Å². The minimum Gasteiger partial charge on any atom is -0.310 e. The van der Waals surface area contributed by atoms with Crippen molar-refractivity contribution in [2.45, 2.75) is 43.9 Å². The van der Waals surface area contributed by atoms with Gasteiger partial charge in [0.05, 0.1) is 4.90 Å². The molecule has 28 heavy (non-hydrogen) atoms. The van der Waals surface area contributed by atoms with Gasteiger partial charge < -0.3 is 5.32 Å². The van der Waals surface area contributed by atoms with Gasteiger partial charge in [0.2, 0.25) is 15.9 Å². The molecule has 4 rings (SSSR count). The predicted molar refractivity (Wildman–Crippen MR) is 105 cm³/mol. The van der Waals surface area contributed by atoms with E-state index in [-0.39, 0.29) is 11.8 Å². The molecule has 1 amide bonds. The van der Waals surface area contributed by atoms with Crippen molar-refractivity contribution < 1.29 is 13.2 Å². The standard InChI is InChI=1S/C20H24N4O3S/c1-14-5-7-16(8-6-14)28(26,27)24-11-9-15(10-12-24)20(25)23-19-17-3-2-4-18(17)21-13-22-19/h5-8,13,15H,2-4,9-12H2,1H3,(H,21,22,23,25). The normalized spacial score (nSPS) is 18.0. The molecule has 148 valence electrons. The number of fused-ring (bicyclic) bond motifs is 1. The summed E-state index contributed by atoms with van der Waals surface area (Å²) in [5.74, 6) is 0.318. The zero-order chi connectivity index (χ0) is 19.7. The summed E-state index contributed by atoms with van der Waals surface area (Å²) in [6.45, 7) is 2.61. The third-order valence-corrected chi connectivity index (χ3v) is 7.51. The molecule has 7 nitrogen and oxygen atoms in total. The van der Waals surface area contributed by atoms with Gasteiger partial charge in [-0.2, -0.15) is 4.31 Å². The Balaban J connectivity index is 1.39. The van der Waals surface area contributed by atoms with Crippen LogP contribution in [0.25, 0.3) is 0 Å². The number of sulfonamides is 1. The number of piperidine rings is 1. The molecule has 0 unspecified atom stereocenters. The molecule has 1 aromatic carbocycles. The van der Waals surface area contributed by atoms with Gasteiger partial charge in [0.15, 0.2) is 0 Å². The minimum absolute atomic E-state index is 0.0832. The lowest BCUT2D eigenvalue weighted by atomic mass is 9.97. The molecule has 0 saturated carbocycles. The second-order valence-corrected chi connectivity index (χ2v) is 9.42.